The lowest BCUT2D eigenvalue weighted by Gasteiger charge is -2.45. The van der Waals surface area contributed by atoms with Gasteiger partial charge in [-0.3, -0.25) is 4.90 Å². The largest absolute Gasteiger partial charge is 0.495 e. The number of thiophene rings is 1. The van der Waals surface area contributed by atoms with Crippen molar-refractivity contribution >= 4 is 27.8 Å². The van der Waals surface area contributed by atoms with Gasteiger partial charge >= 0.3 is 0 Å². The van der Waals surface area contributed by atoms with E-state index in [4.69, 9.17) is 4.74 Å². The average molecular weight is 427 g/mol. The second-order valence-corrected chi connectivity index (χ2v) is 9.35. The maximum Gasteiger partial charge on any atom is 0.137 e. The molecule has 2 aliphatic rings. The van der Waals surface area contributed by atoms with E-state index in [2.05, 4.69) is 21.3 Å². The van der Waals surface area contributed by atoms with Crippen LogP contribution in [0.2, 0.25) is 0 Å². The monoisotopic (exact) mass is 426 g/mol. The molecule has 30 heavy (non-hydrogen) atoms. The zero-order valence-electron chi connectivity index (χ0n) is 17.2. The average Bonchev–Trinajstić information content (AvgIpc) is 3.41. The normalized spacial score (nSPS) is 25.4. The van der Waals surface area contributed by atoms with E-state index in [9.17, 15) is 9.50 Å². The Balaban J connectivity index is 1.27. The Kier molecular flexibility index (Phi) is 5.17. The van der Waals surface area contributed by atoms with Gasteiger partial charge in [0, 0.05) is 30.2 Å². The summed E-state index contributed by atoms with van der Waals surface area (Å²) in [6.07, 6.45) is 8.48. The summed E-state index contributed by atoms with van der Waals surface area (Å²) in [5, 5.41) is 14.4. The van der Waals surface area contributed by atoms with Crippen molar-refractivity contribution in [2.75, 3.05) is 20.2 Å². The van der Waals surface area contributed by atoms with Gasteiger partial charge in [-0.05, 0) is 78.8 Å². The molecule has 2 aromatic heterocycles. The molecule has 5 rings (SSSR count). The van der Waals surface area contributed by atoms with Gasteiger partial charge in [0.1, 0.15) is 17.3 Å². The van der Waals surface area contributed by atoms with Gasteiger partial charge in [-0.2, -0.15) is 0 Å². The Labute approximate surface area is 180 Å². The van der Waals surface area contributed by atoms with Crippen LogP contribution in [0.3, 0.4) is 0 Å². The molecule has 1 aliphatic carbocycles. The van der Waals surface area contributed by atoms with E-state index in [0.717, 1.165) is 61.8 Å². The van der Waals surface area contributed by atoms with Crippen LogP contribution >= 0.6 is 11.3 Å². The number of hydrogen-bond acceptors (Lipinski definition) is 4. The third-order valence-electron chi connectivity index (χ3n) is 6.84. The molecule has 1 saturated carbocycles. The highest BCUT2D eigenvalue weighted by Crippen LogP contribution is 2.43. The van der Waals surface area contributed by atoms with Gasteiger partial charge in [0.2, 0.25) is 0 Å². The van der Waals surface area contributed by atoms with Gasteiger partial charge in [-0.15, -0.1) is 11.3 Å². The smallest absolute Gasteiger partial charge is 0.137 e. The molecule has 158 valence electrons. The number of nitrogens with one attached hydrogen (secondary N) is 1. The fraction of sp³-hybridized carbons (Fsp3) is 0.417. The number of aliphatic hydroxyl groups is 1. The summed E-state index contributed by atoms with van der Waals surface area (Å²) < 4.78 is 19.2. The molecule has 1 aliphatic heterocycles. The quantitative estimate of drug-likeness (QED) is 0.578. The van der Waals surface area contributed by atoms with Crippen LogP contribution in [0.5, 0.6) is 5.75 Å². The van der Waals surface area contributed by atoms with Crippen molar-refractivity contribution in [1.29, 1.82) is 0 Å². The topological polar surface area (TPSA) is 48.5 Å². The summed E-state index contributed by atoms with van der Waals surface area (Å²) in [5.41, 5.74) is 2.72. The van der Waals surface area contributed by atoms with Crippen molar-refractivity contribution in [3.63, 3.8) is 0 Å². The molecular formula is C24H27FN2O2S. The second kappa shape index (κ2) is 7.84. The van der Waals surface area contributed by atoms with Gasteiger partial charge in [-0.25, -0.2) is 4.39 Å². The van der Waals surface area contributed by atoms with E-state index < -0.39 is 5.72 Å². The zero-order valence-corrected chi connectivity index (χ0v) is 18.0. The summed E-state index contributed by atoms with van der Waals surface area (Å²) in [4.78, 5) is 6.70. The number of fused-ring (bicyclic) bond motifs is 1. The van der Waals surface area contributed by atoms with E-state index in [0.29, 0.717) is 5.92 Å². The van der Waals surface area contributed by atoms with Crippen LogP contribution in [0, 0.1) is 5.82 Å². The molecule has 6 heteroatoms. The lowest BCUT2D eigenvalue weighted by molar-refractivity contribution is -0.130. The number of rotatable bonds is 4. The first-order valence-corrected chi connectivity index (χ1v) is 11.5. The minimum atomic E-state index is -0.755. The van der Waals surface area contributed by atoms with Crippen LogP contribution < -0.4 is 4.74 Å². The highest BCUT2D eigenvalue weighted by molar-refractivity contribution is 7.11. The highest BCUT2D eigenvalue weighted by Gasteiger charge is 2.39. The molecule has 0 saturated heterocycles. The molecular weight excluding hydrogens is 399 g/mol. The summed E-state index contributed by atoms with van der Waals surface area (Å²) in [6.45, 7) is 1.61. The van der Waals surface area contributed by atoms with Crippen LogP contribution in [0.15, 0.2) is 41.9 Å². The lowest BCUT2D eigenvalue weighted by atomic mass is 9.78. The number of nitrogens with zero attached hydrogens (tertiary/aromatic N) is 1. The molecule has 0 radical (unpaired) electrons. The van der Waals surface area contributed by atoms with Crippen molar-refractivity contribution in [2.45, 2.75) is 43.7 Å². The third kappa shape index (κ3) is 3.47. The van der Waals surface area contributed by atoms with E-state index in [1.807, 2.05) is 12.3 Å². The third-order valence-corrected chi connectivity index (χ3v) is 7.81. The van der Waals surface area contributed by atoms with Gasteiger partial charge in [0.25, 0.3) is 0 Å². The number of aromatic nitrogens is 1. The van der Waals surface area contributed by atoms with Gasteiger partial charge in [0.05, 0.1) is 12.0 Å². The van der Waals surface area contributed by atoms with Crippen LogP contribution in [0.25, 0.3) is 16.5 Å². The Morgan fingerprint density at radius 3 is 2.83 bits per heavy atom. The Morgan fingerprint density at radius 1 is 1.27 bits per heavy atom. The predicted octanol–water partition coefficient (Wildman–Crippen LogP) is 5.51. The molecule has 0 atom stereocenters. The summed E-state index contributed by atoms with van der Waals surface area (Å²) in [7, 11) is 1.71. The Hall–Kier alpha value is -2.15. The second-order valence-electron chi connectivity index (χ2n) is 8.43. The summed E-state index contributed by atoms with van der Waals surface area (Å²) in [6, 6.07) is 6.93. The number of H-pyrrole nitrogens is 1. The maximum atomic E-state index is 13.7. The lowest BCUT2D eigenvalue weighted by Crippen LogP contribution is -2.52. The standard InChI is InChI=1S/C24H27FN2O2S/c1-29-22-8-13-30-23(22)17-6-11-27(12-7-17)24(28)9-4-16(5-10-24)20-15-26-21-3-2-18(25)14-19(20)21/h2-3,6,8,13-16,26,28H,4-5,7,9-12H2,1H3. The molecule has 2 N–H and O–H groups in total. The molecule has 3 heterocycles. The SMILES string of the molecule is COc1ccsc1C1=CCN(C2(O)CCC(c3c[nH]c4ccc(F)cc34)CC2)CC1. The van der Waals surface area contributed by atoms with Crippen molar-refractivity contribution in [3.05, 3.63) is 58.2 Å². The minimum Gasteiger partial charge on any atom is -0.495 e. The van der Waals surface area contributed by atoms with Gasteiger partial charge < -0.3 is 14.8 Å². The first-order valence-electron chi connectivity index (χ1n) is 10.6. The van der Waals surface area contributed by atoms with E-state index >= 15 is 0 Å². The maximum absolute atomic E-state index is 13.7. The van der Waals surface area contributed by atoms with Crippen molar-refractivity contribution in [2.24, 2.45) is 0 Å². The van der Waals surface area contributed by atoms with Crippen LogP contribution in [-0.2, 0) is 0 Å². The zero-order chi connectivity index (χ0) is 20.7. The first kappa shape index (κ1) is 19.8. The summed E-state index contributed by atoms with van der Waals surface area (Å²) in [5.74, 6) is 1.09. The molecule has 1 fully saturated rings. The Bertz CT molecular complexity index is 1080. The number of ether oxygens (including phenoxy) is 1. The number of aromatic amines is 1. The highest BCUT2D eigenvalue weighted by atomic mass is 32.1. The molecule has 3 aromatic rings. The van der Waals surface area contributed by atoms with Crippen LogP contribution in [-0.4, -0.2) is 40.9 Å². The Morgan fingerprint density at radius 2 is 2.10 bits per heavy atom. The summed E-state index contributed by atoms with van der Waals surface area (Å²) >= 11 is 1.71. The fourth-order valence-corrected chi connectivity index (χ4v) is 6.04. The fourth-order valence-electron chi connectivity index (χ4n) is 5.11. The molecule has 4 nitrogen and oxygen atoms in total. The molecule has 0 bridgehead atoms. The predicted molar refractivity (Wildman–Crippen MR) is 119 cm³/mol. The minimum absolute atomic E-state index is 0.200. The number of hydrogen-bond donors (Lipinski definition) is 2. The molecule has 1 aromatic carbocycles. The van der Waals surface area contributed by atoms with Crippen molar-refractivity contribution in [1.82, 2.24) is 9.88 Å². The molecule has 0 unspecified atom stereocenters. The molecule has 0 amide bonds. The van der Waals surface area contributed by atoms with E-state index in [1.165, 1.54) is 22.1 Å². The van der Waals surface area contributed by atoms with E-state index in [1.54, 1.807) is 30.6 Å². The van der Waals surface area contributed by atoms with Crippen molar-refractivity contribution in [3.8, 4) is 5.75 Å². The van der Waals surface area contributed by atoms with E-state index in [-0.39, 0.29) is 5.82 Å². The number of benzene rings is 1. The molecule has 0 spiro atoms. The van der Waals surface area contributed by atoms with Crippen LogP contribution in [0.1, 0.15) is 48.5 Å². The van der Waals surface area contributed by atoms with Gasteiger partial charge in [0.15, 0.2) is 0 Å². The first-order chi connectivity index (χ1) is 14.6. The van der Waals surface area contributed by atoms with Gasteiger partial charge in [-0.1, -0.05) is 6.08 Å². The number of methoxy groups -OCH3 is 1. The van der Waals surface area contributed by atoms with Crippen molar-refractivity contribution < 1.29 is 14.2 Å². The van der Waals surface area contributed by atoms with Crippen LogP contribution in [0.4, 0.5) is 4.39 Å². The number of halogens is 1.